The molecule has 0 aliphatic rings. The van der Waals surface area contributed by atoms with E-state index < -0.39 is 0 Å². The van der Waals surface area contributed by atoms with E-state index >= 15 is 0 Å². The van der Waals surface area contributed by atoms with Gasteiger partial charge in [-0.05, 0) is 29.3 Å². The van der Waals surface area contributed by atoms with Crippen LogP contribution in [0.3, 0.4) is 0 Å². The molecule has 0 radical (unpaired) electrons. The number of aryl methyl sites for hydroxylation is 2. The lowest BCUT2D eigenvalue weighted by molar-refractivity contribution is 0.0718. The molecule has 0 amide bonds. The number of ether oxygens (including phenoxy) is 2. The molecule has 1 aromatic heterocycles. The van der Waals surface area contributed by atoms with Crippen molar-refractivity contribution in [2.45, 2.75) is 33.4 Å². The Hall–Kier alpha value is -0.430. The van der Waals surface area contributed by atoms with Gasteiger partial charge in [-0.15, -0.1) is 0 Å². The third-order valence-corrected chi connectivity index (χ3v) is 3.76. The normalized spacial score (nSPS) is 11.2. The van der Waals surface area contributed by atoms with Crippen LogP contribution in [0.4, 0.5) is 0 Å². The summed E-state index contributed by atoms with van der Waals surface area (Å²) in [6.45, 7) is 8.73. The Balaban J connectivity index is 2.34. The molecule has 6 heteroatoms. The lowest BCUT2D eigenvalue weighted by Crippen LogP contribution is -2.22. The van der Waals surface area contributed by atoms with E-state index in [0.29, 0.717) is 19.8 Å². The Morgan fingerprint density at radius 1 is 1.26 bits per heavy atom. The zero-order valence-electron chi connectivity index (χ0n) is 12.0. The summed E-state index contributed by atoms with van der Waals surface area (Å²) in [4.78, 5) is 0. The van der Waals surface area contributed by atoms with Crippen molar-refractivity contribution in [1.29, 1.82) is 0 Å². The van der Waals surface area contributed by atoms with Gasteiger partial charge >= 0.3 is 0 Å². The predicted molar refractivity (Wildman–Crippen MR) is 79.4 cm³/mol. The summed E-state index contributed by atoms with van der Waals surface area (Å²) >= 11 is 3.64. The van der Waals surface area contributed by atoms with E-state index in [1.165, 1.54) is 5.69 Å². The quantitative estimate of drug-likeness (QED) is 0.665. The molecule has 19 heavy (non-hydrogen) atoms. The maximum absolute atomic E-state index is 5.40. The summed E-state index contributed by atoms with van der Waals surface area (Å²) in [5.41, 5.74) is 2.33. The minimum absolute atomic E-state index is 0.647. The van der Waals surface area contributed by atoms with E-state index in [9.17, 15) is 0 Å². The summed E-state index contributed by atoms with van der Waals surface area (Å²) < 4.78 is 13.5. The van der Waals surface area contributed by atoms with E-state index in [1.54, 1.807) is 7.11 Å². The van der Waals surface area contributed by atoms with E-state index in [4.69, 9.17) is 9.47 Å². The molecular weight excluding hydrogens is 310 g/mol. The maximum atomic E-state index is 5.40. The minimum Gasteiger partial charge on any atom is -0.382 e. The van der Waals surface area contributed by atoms with Crippen LogP contribution in [-0.2, 0) is 29.0 Å². The van der Waals surface area contributed by atoms with Crippen molar-refractivity contribution in [3.8, 4) is 0 Å². The van der Waals surface area contributed by atoms with Gasteiger partial charge in [-0.25, -0.2) is 0 Å². The topological polar surface area (TPSA) is 48.3 Å². The van der Waals surface area contributed by atoms with Crippen LogP contribution in [0, 0.1) is 0 Å². The van der Waals surface area contributed by atoms with Gasteiger partial charge in [0.2, 0.25) is 0 Å². The fourth-order valence-corrected chi connectivity index (χ4v) is 2.49. The summed E-state index contributed by atoms with van der Waals surface area (Å²) in [5, 5.41) is 7.94. The van der Waals surface area contributed by atoms with Crippen molar-refractivity contribution in [2.24, 2.45) is 0 Å². The molecule has 0 aromatic carbocycles. The Labute approximate surface area is 123 Å². The molecule has 1 N–H and O–H groups in total. The van der Waals surface area contributed by atoms with E-state index in [0.717, 1.165) is 36.2 Å². The van der Waals surface area contributed by atoms with Crippen LogP contribution < -0.4 is 5.32 Å². The van der Waals surface area contributed by atoms with Gasteiger partial charge in [0.25, 0.3) is 0 Å². The molecule has 0 bridgehead atoms. The van der Waals surface area contributed by atoms with Crippen molar-refractivity contribution < 1.29 is 9.47 Å². The molecule has 1 rings (SSSR count). The van der Waals surface area contributed by atoms with Gasteiger partial charge in [-0.2, -0.15) is 5.10 Å². The molecule has 110 valence electrons. The standard InChI is InChI=1S/C13H24BrN3O2/c1-4-11-13(14)12(17(5-2)16-11)10-15-6-7-19-9-8-18-3/h15H,4-10H2,1-3H3. The molecule has 0 atom stereocenters. The van der Waals surface area contributed by atoms with Crippen molar-refractivity contribution in [3.63, 3.8) is 0 Å². The molecule has 0 saturated heterocycles. The van der Waals surface area contributed by atoms with Gasteiger partial charge in [-0.1, -0.05) is 6.92 Å². The highest BCUT2D eigenvalue weighted by molar-refractivity contribution is 9.10. The first-order valence-corrected chi connectivity index (χ1v) is 7.55. The zero-order chi connectivity index (χ0) is 14.1. The minimum atomic E-state index is 0.647. The summed E-state index contributed by atoms with van der Waals surface area (Å²) in [6.07, 6.45) is 0.945. The van der Waals surface area contributed by atoms with Gasteiger partial charge < -0.3 is 14.8 Å². The molecule has 5 nitrogen and oxygen atoms in total. The van der Waals surface area contributed by atoms with Crippen LogP contribution in [0.5, 0.6) is 0 Å². The highest BCUT2D eigenvalue weighted by Gasteiger charge is 2.12. The average Bonchev–Trinajstić information content (AvgIpc) is 2.74. The maximum Gasteiger partial charge on any atom is 0.0767 e. The van der Waals surface area contributed by atoms with Crippen LogP contribution in [0.2, 0.25) is 0 Å². The summed E-state index contributed by atoms with van der Waals surface area (Å²) in [6, 6.07) is 0. The third kappa shape index (κ3) is 5.22. The molecule has 0 spiro atoms. The van der Waals surface area contributed by atoms with E-state index in [2.05, 4.69) is 40.2 Å². The van der Waals surface area contributed by atoms with Gasteiger partial charge in [0, 0.05) is 26.7 Å². The first kappa shape index (κ1) is 16.6. The summed E-state index contributed by atoms with van der Waals surface area (Å²) in [7, 11) is 1.68. The highest BCUT2D eigenvalue weighted by Crippen LogP contribution is 2.22. The molecule has 0 saturated carbocycles. The lowest BCUT2D eigenvalue weighted by atomic mass is 10.3. The number of nitrogens with one attached hydrogen (secondary N) is 1. The second-order valence-electron chi connectivity index (χ2n) is 4.16. The third-order valence-electron chi connectivity index (χ3n) is 2.84. The highest BCUT2D eigenvalue weighted by atomic mass is 79.9. The van der Waals surface area contributed by atoms with Crippen molar-refractivity contribution >= 4 is 15.9 Å². The number of nitrogens with zero attached hydrogens (tertiary/aromatic N) is 2. The van der Waals surface area contributed by atoms with Gasteiger partial charge in [0.1, 0.15) is 0 Å². The summed E-state index contributed by atoms with van der Waals surface area (Å²) in [5.74, 6) is 0. The molecule has 1 heterocycles. The van der Waals surface area contributed by atoms with Crippen molar-refractivity contribution in [3.05, 3.63) is 15.9 Å². The average molecular weight is 334 g/mol. The van der Waals surface area contributed by atoms with E-state index in [1.807, 2.05) is 4.68 Å². The smallest absolute Gasteiger partial charge is 0.0767 e. The Kier molecular flexibility index (Phi) is 8.29. The Morgan fingerprint density at radius 2 is 2.05 bits per heavy atom. The first-order chi connectivity index (χ1) is 9.24. The van der Waals surface area contributed by atoms with Crippen LogP contribution in [0.15, 0.2) is 4.47 Å². The largest absolute Gasteiger partial charge is 0.382 e. The Morgan fingerprint density at radius 3 is 2.68 bits per heavy atom. The Bertz CT molecular complexity index is 369. The molecular formula is C13H24BrN3O2. The molecule has 1 aromatic rings. The fraction of sp³-hybridized carbons (Fsp3) is 0.769. The fourth-order valence-electron chi connectivity index (χ4n) is 1.78. The number of halogens is 1. The zero-order valence-corrected chi connectivity index (χ0v) is 13.6. The van der Waals surface area contributed by atoms with Crippen LogP contribution >= 0.6 is 15.9 Å². The van der Waals surface area contributed by atoms with Crippen LogP contribution in [0.1, 0.15) is 25.2 Å². The van der Waals surface area contributed by atoms with Crippen molar-refractivity contribution in [2.75, 3.05) is 33.5 Å². The number of aromatic nitrogens is 2. The molecule has 0 aliphatic carbocycles. The van der Waals surface area contributed by atoms with Gasteiger partial charge in [0.15, 0.2) is 0 Å². The number of hydrogen-bond acceptors (Lipinski definition) is 4. The predicted octanol–water partition coefficient (Wildman–Crippen LogP) is 1.98. The van der Waals surface area contributed by atoms with Crippen LogP contribution in [0.25, 0.3) is 0 Å². The molecule has 0 fully saturated rings. The molecule has 0 unspecified atom stereocenters. The second kappa shape index (κ2) is 9.47. The van der Waals surface area contributed by atoms with Gasteiger partial charge in [-0.3, -0.25) is 4.68 Å². The van der Waals surface area contributed by atoms with E-state index in [-0.39, 0.29) is 0 Å². The molecule has 0 aliphatic heterocycles. The van der Waals surface area contributed by atoms with Gasteiger partial charge in [0.05, 0.1) is 35.7 Å². The number of methoxy groups -OCH3 is 1. The number of rotatable bonds is 10. The first-order valence-electron chi connectivity index (χ1n) is 6.76. The number of hydrogen-bond donors (Lipinski definition) is 1. The van der Waals surface area contributed by atoms with Crippen molar-refractivity contribution in [1.82, 2.24) is 15.1 Å². The SMILES string of the molecule is CCc1nn(CC)c(CNCCOCCOC)c1Br. The van der Waals surface area contributed by atoms with Crippen LogP contribution in [-0.4, -0.2) is 43.3 Å². The lowest BCUT2D eigenvalue weighted by Gasteiger charge is -2.08. The second-order valence-corrected chi connectivity index (χ2v) is 4.95. The monoisotopic (exact) mass is 333 g/mol.